The van der Waals surface area contributed by atoms with Crippen LogP contribution in [-0.4, -0.2) is 15.3 Å². The van der Waals surface area contributed by atoms with Gasteiger partial charge in [0.2, 0.25) is 0 Å². The van der Waals surface area contributed by atoms with Crippen LogP contribution in [0.2, 0.25) is 0 Å². The van der Waals surface area contributed by atoms with Gasteiger partial charge in [0.05, 0.1) is 34.6 Å². The number of hydrogen-bond donors (Lipinski definition) is 1. The third-order valence-corrected chi connectivity index (χ3v) is 4.34. The van der Waals surface area contributed by atoms with E-state index in [9.17, 15) is 9.00 Å². The van der Waals surface area contributed by atoms with Gasteiger partial charge in [0.15, 0.2) is 0 Å². The number of carboxylic acids is 1. The summed E-state index contributed by atoms with van der Waals surface area (Å²) in [5.74, 6) is -0.631. The fourth-order valence-electron chi connectivity index (χ4n) is 1.91. The van der Waals surface area contributed by atoms with E-state index in [1.54, 1.807) is 42.5 Å². The first-order valence-electron chi connectivity index (χ1n) is 6.27. The van der Waals surface area contributed by atoms with Crippen molar-refractivity contribution in [3.8, 4) is 6.07 Å². The monoisotopic (exact) mass is 299 g/mol. The third-order valence-electron chi connectivity index (χ3n) is 2.97. The highest BCUT2D eigenvalue weighted by Gasteiger charge is 2.09. The quantitative estimate of drug-likeness (QED) is 0.920. The Labute approximate surface area is 125 Å². The minimum atomic E-state index is -1.27. The molecular formula is C16H13NO3S. The molecule has 2 aromatic carbocycles. The van der Waals surface area contributed by atoms with E-state index in [0.717, 1.165) is 5.56 Å². The summed E-state index contributed by atoms with van der Waals surface area (Å²) in [6, 6.07) is 15.8. The van der Waals surface area contributed by atoms with E-state index in [2.05, 4.69) is 6.07 Å². The first-order valence-corrected chi connectivity index (χ1v) is 7.59. The highest BCUT2D eigenvalue weighted by Crippen LogP contribution is 2.16. The molecule has 4 nitrogen and oxygen atoms in total. The topological polar surface area (TPSA) is 78.2 Å². The molecule has 1 N–H and O–H groups in total. The van der Waals surface area contributed by atoms with Crippen molar-refractivity contribution in [2.24, 2.45) is 0 Å². The molecule has 0 bridgehead atoms. The molecule has 2 rings (SSSR count). The minimum absolute atomic E-state index is 0.0514. The number of rotatable bonds is 5. The number of carboxylic acid groups (broad SMARTS) is 1. The zero-order valence-electron chi connectivity index (χ0n) is 11.2. The Morgan fingerprint density at radius 3 is 2.43 bits per heavy atom. The van der Waals surface area contributed by atoms with E-state index in [1.807, 2.05) is 6.07 Å². The third kappa shape index (κ3) is 4.01. The molecule has 0 radical (unpaired) electrons. The Morgan fingerprint density at radius 2 is 1.81 bits per heavy atom. The lowest BCUT2D eigenvalue weighted by atomic mass is 10.1. The molecule has 0 amide bonds. The lowest BCUT2D eigenvalue weighted by Crippen LogP contribution is -2.01. The Kier molecular flexibility index (Phi) is 4.85. The molecule has 0 aliphatic heterocycles. The lowest BCUT2D eigenvalue weighted by molar-refractivity contribution is -0.136. The molecule has 0 aliphatic carbocycles. The molecular weight excluding hydrogens is 286 g/mol. The highest BCUT2D eigenvalue weighted by atomic mass is 32.2. The van der Waals surface area contributed by atoms with Gasteiger partial charge in [-0.15, -0.1) is 0 Å². The minimum Gasteiger partial charge on any atom is -0.481 e. The molecule has 21 heavy (non-hydrogen) atoms. The van der Waals surface area contributed by atoms with Crippen molar-refractivity contribution in [3.05, 3.63) is 65.2 Å². The Bertz CT molecular complexity index is 717. The van der Waals surface area contributed by atoms with Crippen LogP contribution in [0.15, 0.2) is 53.4 Å². The lowest BCUT2D eigenvalue weighted by Gasteiger charge is -2.05. The van der Waals surface area contributed by atoms with Gasteiger partial charge in [-0.05, 0) is 29.3 Å². The van der Waals surface area contributed by atoms with Crippen molar-refractivity contribution in [1.29, 1.82) is 5.26 Å². The van der Waals surface area contributed by atoms with Crippen molar-refractivity contribution in [2.45, 2.75) is 17.1 Å². The summed E-state index contributed by atoms with van der Waals surface area (Å²) in [6.07, 6.45) is -0.0514. The molecule has 0 saturated heterocycles. The molecule has 106 valence electrons. The van der Waals surface area contributed by atoms with Crippen LogP contribution in [0, 0.1) is 11.3 Å². The molecule has 0 heterocycles. The summed E-state index contributed by atoms with van der Waals surface area (Å²) in [5, 5.41) is 17.7. The Balaban J connectivity index is 2.14. The number of carbonyl (C=O) groups is 1. The van der Waals surface area contributed by atoms with Crippen molar-refractivity contribution >= 4 is 16.8 Å². The van der Waals surface area contributed by atoms with E-state index < -0.39 is 16.8 Å². The number of aliphatic carboxylic acids is 1. The molecule has 0 saturated carbocycles. The van der Waals surface area contributed by atoms with Crippen molar-refractivity contribution in [2.75, 3.05) is 0 Å². The highest BCUT2D eigenvalue weighted by molar-refractivity contribution is 7.84. The number of nitriles is 1. The Morgan fingerprint density at radius 1 is 1.14 bits per heavy atom. The van der Waals surface area contributed by atoms with Gasteiger partial charge in [0, 0.05) is 4.90 Å². The summed E-state index contributed by atoms with van der Waals surface area (Å²) >= 11 is 0. The first-order chi connectivity index (χ1) is 10.1. The first kappa shape index (κ1) is 14.9. The van der Waals surface area contributed by atoms with Gasteiger partial charge in [0.25, 0.3) is 0 Å². The van der Waals surface area contributed by atoms with Gasteiger partial charge in [-0.25, -0.2) is 0 Å². The van der Waals surface area contributed by atoms with Crippen molar-refractivity contribution in [3.63, 3.8) is 0 Å². The second-order valence-corrected chi connectivity index (χ2v) is 5.92. The fraction of sp³-hybridized carbons (Fsp3) is 0.125. The SMILES string of the molecule is N#Cc1ccccc1CS(=O)c1ccc(CC(=O)O)cc1. The van der Waals surface area contributed by atoms with Crippen LogP contribution in [0.3, 0.4) is 0 Å². The smallest absolute Gasteiger partial charge is 0.307 e. The zero-order chi connectivity index (χ0) is 15.2. The normalized spacial score (nSPS) is 11.6. The fourth-order valence-corrected chi connectivity index (χ4v) is 3.05. The summed E-state index contributed by atoms with van der Waals surface area (Å²) in [4.78, 5) is 11.2. The van der Waals surface area contributed by atoms with E-state index in [0.29, 0.717) is 16.0 Å². The summed E-state index contributed by atoms with van der Waals surface area (Å²) in [6.45, 7) is 0. The maximum absolute atomic E-state index is 12.3. The van der Waals surface area contributed by atoms with E-state index in [1.165, 1.54) is 0 Å². The van der Waals surface area contributed by atoms with E-state index >= 15 is 0 Å². The van der Waals surface area contributed by atoms with Crippen LogP contribution in [-0.2, 0) is 27.8 Å². The van der Waals surface area contributed by atoms with Gasteiger partial charge < -0.3 is 5.11 Å². The molecule has 1 atom stereocenters. The predicted octanol–water partition coefficient (Wildman–Crippen LogP) is 2.49. The standard InChI is InChI=1S/C16H13NO3S/c17-10-13-3-1-2-4-14(13)11-21(20)15-7-5-12(6-8-15)9-16(18)19/h1-8H,9,11H2,(H,18,19). The Hall–Kier alpha value is -2.45. The zero-order valence-corrected chi connectivity index (χ0v) is 12.0. The maximum atomic E-state index is 12.3. The van der Waals surface area contributed by atoms with Crippen LogP contribution in [0.4, 0.5) is 0 Å². The summed E-state index contributed by atoms with van der Waals surface area (Å²) in [7, 11) is -1.27. The van der Waals surface area contributed by atoms with Crippen LogP contribution in [0.25, 0.3) is 0 Å². The number of nitrogens with zero attached hydrogens (tertiary/aromatic N) is 1. The number of hydrogen-bond acceptors (Lipinski definition) is 3. The second-order valence-electron chi connectivity index (χ2n) is 4.47. The van der Waals surface area contributed by atoms with Crippen LogP contribution in [0.5, 0.6) is 0 Å². The number of benzene rings is 2. The molecule has 0 aliphatic rings. The average molecular weight is 299 g/mol. The van der Waals surface area contributed by atoms with E-state index in [-0.39, 0.29) is 12.2 Å². The summed E-state index contributed by atoms with van der Waals surface area (Å²) < 4.78 is 12.3. The van der Waals surface area contributed by atoms with Gasteiger partial charge >= 0.3 is 5.97 Å². The van der Waals surface area contributed by atoms with Gasteiger partial charge in [0.1, 0.15) is 0 Å². The molecule has 0 spiro atoms. The molecule has 5 heteroatoms. The second kappa shape index (κ2) is 6.82. The molecule has 2 aromatic rings. The van der Waals surface area contributed by atoms with Gasteiger partial charge in [-0.1, -0.05) is 30.3 Å². The van der Waals surface area contributed by atoms with Crippen LogP contribution in [0.1, 0.15) is 16.7 Å². The summed E-state index contributed by atoms with van der Waals surface area (Å²) in [5.41, 5.74) is 1.93. The maximum Gasteiger partial charge on any atom is 0.307 e. The van der Waals surface area contributed by atoms with Gasteiger partial charge in [-0.3, -0.25) is 9.00 Å². The molecule has 1 unspecified atom stereocenters. The van der Waals surface area contributed by atoms with Gasteiger partial charge in [-0.2, -0.15) is 5.26 Å². The van der Waals surface area contributed by atoms with Crippen LogP contribution < -0.4 is 0 Å². The van der Waals surface area contributed by atoms with Crippen molar-refractivity contribution < 1.29 is 14.1 Å². The van der Waals surface area contributed by atoms with Crippen molar-refractivity contribution in [1.82, 2.24) is 0 Å². The average Bonchev–Trinajstić information content (AvgIpc) is 2.48. The predicted molar refractivity (Wildman–Crippen MR) is 79.1 cm³/mol. The van der Waals surface area contributed by atoms with Crippen LogP contribution >= 0.6 is 0 Å². The molecule has 0 fully saturated rings. The molecule has 0 aromatic heterocycles. The van der Waals surface area contributed by atoms with E-state index in [4.69, 9.17) is 10.4 Å². The largest absolute Gasteiger partial charge is 0.481 e.